The minimum Gasteiger partial charge on any atom is -0.348 e. The summed E-state index contributed by atoms with van der Waals surface area (Å²) in [6.45, 7) is 13.7. The van der Waals surface area contributed by atoms with Crippen LogP contribution >= 0.6 is 0 Å². The third kappa shape index (κ3) is 7.88. The average Bonchev–Trinajstić information content (AvgIpc) is 2.60. The second-order valence-electron chi connectivity index (χ2n) is 5.80. The Hall–Kier alpha value is -1.31. The summed E-state index contributed by atoms with van der Waals surface area (Å²) in [4.78, 5) is 11.0. The van der Waals surface area contributed by atoms with E-state index in [0.29, 0.717) is 6.54 Å². The van der Waals surface area contributed by atoms with Crippen LogP contribution in [0.1, 0.15) is 57.5 Å². The van der Waals surface area contributed by atoms with Gasteiger partial charge < -0.3 is 5.32 Å². The van der Waals surface area contributed by atoms with Crippen molar-refractivity contribution in [1.29, 1.82) is 0 Å². The molecule has 0 aromatic heterocycles. The Morgan fingerprint density at radius 3 is 1.83 bits per heavy atom. The van der Waals surface area contributed by atoms with Gasteiger partial charge in [0.1, 0.15) is 0 Å². The van der Waals surface area contributed by atoms with Gasteiger partial charge in [0.05, 0.1) is 0 Å². The number of fused-ring (bicyclic) bond motifs is 1. The minimum atomic E-state index is 0.0515. The molecule has 1 aliphatic heterocycles. The van der Waals surface area contributed by atoms with Gasteiger partial charge in [0, 0.05) is 12.1 Å². The first-order valence-corrected chi connectivity index (χ1v) is 6.70. The molecule has 1 aliphatic rings. The summed E-state index contributed by atoms with van der Waals surface area (Å²) < 4.78 is 0. The van der Waals surface area contributed by atoms with E-state index in [9.17, 15) is 4.79 Å². The Morgan fingerprint density at radius 2 is 1.39 bits per heavy atom. The monoisotopic (exact) mass is 249 g/mol. The number of nitrogens with one attached hydrogen (secondary N) is 1. The molecule has 1 N–H and O–H groups in total. The van der Waals surface area contributed by atoms with Gasteiger partial charge in [0.15, 0.2) is 0 Å². The fraction of sp³-hybridized carbons (Fsp3) is 0.562. The number of hydrogen-bond acceptors (Lipinski definition) is 1. The van der Waals surface area contributed by atoms with Gasteiger partial charge in [-0.1, -0.05) is 59.7 Å². The van der Waals surface area contributed by atoms with Crippen LogP contribution in [0.4, 0.5) is 0 Å². The molecule has 2 heteroatoms. The van der Waals surface area contributed by atoms with Crippen molar-refractivity contribution in [2.24, 2.45) is 11.8 Å². The van der Waals surface area contributed by atoms with Crippen LogP contribution in [0.5, 0.6) is 0 Å². The normalized spacial score (nSPS) is 12.1. The number of carbonyl (C=O) groups is 1. The molecular weight excluding hydrogens is 222 g/mol. The van der Waals surface area contributed by atoms with Gasteiger partial charge in [-0.3, -0.25) is 4.79 Å². The van der Waals surface area contributed by atoms with Crippen molar-refractivity contribution in [1.82, 2.24) is 5.32 Å². The first-order valence-electron chi connectivity index (χ1n) is 6.70. The Bertz CT molecular complexity index is 344. The lowest BCUT2D eigenvalue weighted by Crippen LogP contribution is -2.12. The minimum absolute atomic E-state index is 0.0515. The number of hydrogen-bond donors (Lipinski definition) is 1. The summed E-state index contributed by atoms with van der Waals surface area (Å²) in [6, 6.07) is 7.63. The molecule has 0 saturated carbocycles. The van der Waals surface area contributed by atoms with Crippen molar-refractivity contribution in [3.8, 4) is 0 Å². The van der Waals surface area contributed by atoms with Gasteiger partial charge in [0.25, 0.3) is 5.91 Å². The molecule has 0 bridgehead atoms. The summed E-state index contributed by atoms with van der Waals surface area (Å²) in [5.41, 5.74) is 1.93. The van der Waals surface area contributed by atoms with E-state index < -0.39 is 0 Å². The van der Waals surface area contributed by atoms with Crippen LogP contribution in [0.3, 0.4) is 0 Å². The number of amides is 1. The molecule has 102 valence electrons. The van der Waals surface area contributed by atoms with Crippen molar-refractivity contribution >= 4 is 5.91 Å². The molecule has 0 fully saturated rings. The highest BCUT2D eigenvalue weighted by molar-refractivity contribution is 5.98. The van der Waals surface area contributed by atoms with Crippen LogP contribution in [-0.4, -0.2) is 5.91 Å². The van der Waals surface area contributed by atoms with Gasteiger partial charge in [-0.15, -0.1) is 0 Å². The highest BCUT2D eigenvalue weighted by atomic mass is 16.1. The zero-order valence-corrected chi connectivity index (χ0v) is 12.6. The quantitative estimate of drug-likeness (QED) is 0.731. The molecule has 1 heterocycles. The molecule has 0 saturated heterocycles. The molecule has 1 amide bonds. The first kappa shape index (κ1) is 16.7. The second kappa shape index (κ2) is 8.73. The molecule has 1 aromatic rings. The Balaban J connectivity index is 0.000000307. The smallest absolute Gasteiger partial charge is 0.251 e. The van der Waals surface area contributed by atoms with E-state index in [4.69, 9.17) is 0 Å². The van der Waals surface area contributed by atoms with E-state index in [1.165, 1.54) is 0 Å². The SMILES string of the molecule is CC(C)C.CC(C)C.O=C1NCc2ccccc21. The Kier molecular flexibility index (Phi) is 8.10. The highest BCUT2D eigenvalue weighted by Gasteiger charge is 2.16. The molecule has 1 aromatic carbocycles. The van der Waals surface area contributed by atoms with Gasteiger partial charge in [-0.05, 0) is 23.5 Å². The maximum atomic E-state index is 11.0. The van der Waals surface area contributed by atoms with Crippen molar-refractivity contribution in [2.75, 3.05) is 0 Å². The topological polar surface area (TPSA) is 29.1 Å². The Labute approximate surface area is 112 Å². The van der Waals surface area contributed by atoms with Crippen LogP contribution in [0.25, 0.3) is 0 Å². The molecule has 0 spiro atoms. The number of benzene rings is 1. The third-order valence-electron chi connectivity index (χ3n) is 1.70. The van der Waals surface area contributed by atoms with Crippen LogP contribution in [0, 0.1) is 11.8 Å². The van der Waals surface area contributed by atoms with Gasteiger partial charge in [0.2, 0.25) is 0 Å². The van der Waals surface area contributed by atoms with E-state index in [1.54, 1.807) is 0 Å². The van der Waals surface area contributed by atoms with E-state index in [2.05, 4.69) is 46.9 Å². The predicted molar refractivity (Wildman–Crippen MR) is 78.6 cm³/mol. The van der Waals surface area contributed by atoms with Crippen LogP contribution < -0.4 is 5.32 Å². The van der Waals surface area contributed by atoms with E-state index in [1.807, 2.05) is 24.3 Å². The lowest BCUT2D eigenvalue weighted by atomic mass is 10.1. The van der Waals surface area contributed by atoms with Crippen molar-refractivity contribution in [3.05, 3.63) is 35.4 Å². The first-order chi connectivity index (χ1) is 8.34. The molecule has 0 aliphatic carbocycles. The molecule has 2 rings (SSSR count). The van der Waals surface area contributed by atoms with Gasteiger partial charge in [-0.25, -0.2) is 0 Å². The fourth-order valence-electron chi connectivity index (χ4n) is 1.17. The van der Waals surface area contributed by atoms with Crippen molar-refractivity contribution in [2.45, 2.75) is 48.1 Å². The molecule has 0 radical (unpaired) electrons. The van der Waals surface area contributed by atoms with Crippen LogP contribution in [0.15, 0.2) is 24.3 Å². The predicted octanol–water partition coefficient (Wildman–Crippen LogP) is 4.25. The van der Waals surface area contributed by atoms with Crippen molar-refractivity contribution in [3.63, 3.8) is 0 Å². The zero-order valence-electron chi connectivity index (χ0n) is 12.6. The summed E-state index contributed by atoms with van der Waals surface area (Å²) in [7, 11) is 0. The lowest BCUT2D eigenvalue weighted by Gasteiger charge is -1.89. The lowest BCUT2D eigenvalue weighted by molar-refractivity contribution is 0.0966. The van der Waals surface area contributed by atoms with Crippen LogP contribution in [0.2, 0.25) is 0 Å². The van der Waals surface area contributed by atoms with E-state index in [0.717, 1.165) is 23.0 Å². The highest BCUT2D eigenvalue weighted by Crippen LogP contribution is 2.13. The molecule has 2 nitrogen and oxygen atoms in total. The maximum Gasteiger partial charge on any atom is 0.251 e. The van der Waals surface area contributed by atoms with Crippen molar-refractivity contribution < 1.29 is 4.79 Å². The molecule has 0 atom stereocenters. The number of rotatable bonds is 0. The Morgan fingerprint density at radius 1 is 0.944 bits per heavy atom. The summed E-state index contributed by atoms with van der Waals surface area (Å²) in [6.07, 6.45) is 0. The molecule has 18 heavy (non-hydrogen) atoms. The zero-order chi connectivity index (χ0) is 14.1. The summed E-state index contributed by atoms with van der Waals surface area (Å²) in [5.74, 6) is 1.72. The second-order valence-corrected chi connectivity index (χ2v) is 5.80. The maximum absolute atomic E-state index is 11.0. The summed E-state index contributed by atoms with van der Waals surface area (Å²) >= 11 is 0. The largest absolute Gasteiger partial charge is 0.348 e. The van der Waals surface area contributed by atoms with Crippen LogP contribution in [-0.2, 0) is 6.54 Å². The summed E-state index contributed by atoms with van der Waals surface area (Å²) in [5, 5.41) is 2.75. The average molecular weight is 249 g/mol. The van der Waals surface area contributed by atoms with Gasteiger partial charge in [-0.2, -0.15) is 0 Å². The van der Waals surface area contributed by atoms with E-state index in [-0.39, 0.29) is 5.91 Å². The van der Waals surface area contributed by atoms with E-state index >= 15 is 0 Å². The van der Waals surface area contributed by atoms with Gasteiger partial charge >= 0.3 is 0 Å². The third-order valence-corrected chi connectivity index (χ3v) is 1.70. The molecule has 0 unspecified atom stereocenters. The molecular formula is C16H27NO. The number of carbonyl (C=O) groups excluding carboxylic acids is 1. The standard InChI is InChI=1S/C8H7NO.2C4H10/c10-8-7-4-2-1-3-6(7)5-9-8;2*1-4(2)3/h1-4H,5H2,(H,9,10);2*4H,1-3H3. The fourth-order valence-corrected chi connectivity index (χ4v) is 1.17.